The van der Waals surface area contributed by atoms with Crippen molar-refractivity contribution in [3.8, 4) is 0 Å². The van der Waals surface area contributed by atoms with Gasteiger partial charge in [-0.25, -0.2) is 0 Å². The third-order valence-corrected chi connectivity index (χ3v) is 21.5. The Morgan fingerprint density at radius 3 is 1.67 bits per heavy atom. The Morgan fingerprint density at radius 1 is 0.553 bits per heavy atom. The molecule has 5 N–H and O–H groups in total. The molecule has 1 spiro atoms. The molecule has 0 aromatic carbocycles. The number of hydrogen-bond donors (Lipinski definition) is 5. The fourth-order valence-electron chi connectivity index (χ4n) is 16.7. The number of Topliss-reactive ketones (excluding diaryl/α,β-unsaturated/α-hetero) is 1. The van der Waals surface area contributed by atoms with E-state index in [0.717, 1.165) is 32.1 Å². The molecule has 0 unspecified atom stereocenters. The van der Waals surface area contributed by atoms with Crippen molar-refractivity contribution in [2.24, 2.45) is 22.7 Å². The van der Waals surface area contributed by atoms with Crippen molar-refractivity contribution in [3.63, 3.8) is 0 Å². The fraction of sp³-hybridized carbons (Fsp3) is 0.951. The van der Waals surface area contributed by atoms with Gasteiger partial charge < -0.3 is 111 Å². The van der Waals surface area contributed by atoms with Crippen LogP contribution in [0, 0.1) is 22.7 Å². The lowest BCUT2D eigenvalue weighted by Crippen LogP contribution is -2.62. The molecule has 11 rings (SSSR count). The van der Waals surface area contributed by atoms with Crippen LogP contribution < -0.4 is 0 Å². The lowest BCUT2D eigenvalue weighted by atomic mass is 9.56. The number of aliphatic hydroxyl groups excluding tert-OH is 5. The predicted octanol–water partition coefficient (Wildman–Crippen LogP) is 3.22. The molecule has 8 saturated heterocycles. The summed E-state index contributed by atoms with van der Waals surface area (Å²) >= 11 is 0. The van der Waals surface area contributed by atoms with Crippen LogP contribution in [0.1, 0.15) is 132 Å². The quantitative estimate of drug-likeness (QED) is 0.131. The lowest BCUT2D eigenvalue weighted by molar-refractivity contribution is -0.364. The topological polar surface area (TPSA) is 284 Å². The summed E-state index contributed by atoms with van der Waals surface area (Å²) in [6, 6.07) is 0. The van der Waals surface area contributed by atoms with E-state index in [1.54, 1.807) is 35.2 Å². The third kappa shape index (κ3) is 12.4. The van der Waals surface area contributed by atoms with Gasteiger partial charge in [-0.2, -0.15) is 0 Å². The number of ether oxygens (including phenoxy) is 18. The molecule has 24 heteroatoms. The molecule has 85 heavy (non-hydrogen) atoms. The minimum absolute atomic E-state index is 0.0332. The molecule has 10 fully saturated rings. The van der Waals surface area contributed by atoms with Gasteiger partial charge in [-0.05, 0) is 86.0 Å². The van der Waals surface area contributed by atoms with E-state index in [1.807, 2.05) is 20.8 Å². The number of carbonyl (C=O) groups is 1. The van der Waals surface area contributed by atoms with Crippen LogP contribution in [-0.2, 0) is 90.1 Å². The van der Waals surface area contributed by atoms with Crippen LogP contribution in [0.2, 0.25) is 0 Å². The number of fused-ring (bicyclic) bond motifs is 5. The summed E-state index contributed by atoms with van der Waals surface area (Å²) in [5, 5.41) is 52.6. The highest BCUT2D eigenvalue weighted by atomic mass is 16.8. The largest absolute Gasteiger partial charge is 0.394 e. The third-order valence-electron chi connectivity index (χ3n) is 21.5. The van der Waals surface area contributed by atoms with E-state index < -0.39 is 159 Å². The van der Waals surface area contributed by atoms with E-state index in [1.165, 1.54) is 12.7 Å². The van der Waals surface area contributed by atoms with Crippen LogP contribution in [0.3, 0.4) is 0 Å². The highest BCUT2D eigenvalue weighted by molar-refractivity contribution is 5.88. The molecule has 0 radical (unpaired) electrons. The van der Waals surface area contributed by atoms with Crippen molar-refractivity contribution < 1.29 is 116 Å². The van der Waals surface area contributed by atoms with Crippen molar-refractivity contribution in [3.05, 3.63) is 11.6 Å². The molecule has 0 aromatic rings. The normalized spacial score (nSPS) is 53.8. The molecule has 0 aromatic heterocycles. The van der Waals surface area contributed by atoms with Gasteiger partial charge in [0.15, 0.2) is 43.5 Å². The maximum Gasteiger partial charge on any atom is 0.187 e. The zero-order chi connectivity index (χ0) is 60.6. The second-order valence-electron chi connectivity index (χ2n) is 26.7. The van der Waals surface area contributed by atoms with Gasteiger partial charge in [-0.15, -0.1) is 0 Å². The van der Waals surface area contributed by atoms with E-state index in [0.29, 0.717) is 44.3 Å². The predicted molar refractivity (Wildman–Crippen MR) is 294 cm³/mol. The number of hydrogen-bond acceptors (Lipinski definition) is 24. The Labute approximate surface area is 499 Å². The fourth-order valence-corrected chi connectivity index (χ4v) is 16.7. The van der Waals surface area contributed by atoms with Crippen molar-refractivity contribution in [1.82, 2.24) is 0 Å². The van der Waals surface area contributed by atoms with Gasteiger partial charge in [-0.3, -0.25) is 4.79 Å². The Bertz CT molecular complexity index is 2270. The van der Waals surface area contributed by atoms with Crippen LogP contribution in [-0.4, -0.2) is 244 Å². The van der Waals surface area contributed by atoms with E-state index in [4.69, 9.17) is 85.3 Å². The molecule has 486 valence electrons. The first-order valence-electron chi connectivity index (χ1n) is 31.4. The number of ketones is 1. The molecule has 3 aliphatic carbocycles. The van der Waals surface area contributed by atoms with Gasteiger partial charge in [-0.1, -0.05) is 18.6 Å². The molecule has 2 bridgehead atoms. The first-order chi connectivity index (χ1) is 40.5. The van der Waals surface area contributed by atoms with Gasteiger partial charge in [0.2, 0.25) is 0 Å². The van der Waals surface area contributed by atoms with Crippen LogP contribution >= 0.6 is 0 Å². The Kier molecular flexibility index (Phi) is 20.1. The molecule has 11 aliphatic rings. The summed E-state index contributed by atoms with van der Waals surface area (Å²) in [6.07, 6.45) is -10.8. The standard InChI is InChI=1S/C61H98O24/c1-27-19-40(78-57-51(67)50(66)49(65)41(26-62)79-57)56(71-12)58(72-27)83-52-29(3)73-45(21-36(52)63)80-53-31(5)75-47(23-38(53)69-10)82-55-32(6)76-48(24-39(55)70-11)81-54-30(4)74-46(22-37(54)68-9)77-34-16-17-59(7)33(20-34)15-18-61-42(59)25-44(85-61)60(8)35(28(2)84-61)13-14-43(60)64/h15,27-32,34-42,44-58,62-63,65-67H,13-14,16-26H2,1-12H3/t27-,28+,29-,30-,31-,32-,34+,35+,36+,37+,38-,39-,40-,41-,42-,44-,45+,46+,47+,48+,49-,50+,51-,52-,53-,54-,55-,56+,57-,58+,59+,60-,61+/m1/s1. The molecule has 2 saturated carbocycles. The molecule has 33 atom stereocenters. The highest BCUT2D eigenvalue weighted by Crippen LogP contribution is 2.66. The van der Waals surface area contributed by atoms with E-state index in [-0.39, 0.29) is 54.2 Å². The number of carbonyl (C=O) groups excluding carboxylic acids is 1. The lowest BCUT2D eigenvalue weighted by Gasteiger charge is -2.53. The van der Waals surface area contributed by atoms with E-state index in [2.05, 4.69) is 26.8 Å². The monoisotopic (exact) mass is 1210 g/mol. The van der Waals surface area contributed by atoms with Gasteiger partial charge in [0, 0.05) is 85.2 Å². The number of aliphatic hydroxyl groups is 5. The minimum Gasteiger partial charge on any atom is -0.394 e. The molecule has 8 aliphatic heterocycles. The van der Waals surface area contributed by atoms with Gasteiger partial charge in [0.1, 0.15) is 60.7 Å². The Morgan fingerprint density at radius 2 is 1.12 bits per heavy atom. The second-order valence-corrected chi connectivity index (χ2v) is 26.7. The Balaban J connectivity index is 0.639. The molecule has 24 nitrogen and oxygen atoms in total. The van der Waals surface area contributed by atoms with Crippen molar-refractivity contribution in [2.45, 2.75) is 310 Å². The molecular formula is C61H98O24. The maximum atomic E-state index is 13.4. The highest BCUT2D eigenvalue weighted by Gasteiger charge is 2.69. The molecule has 8 heterocycles. The van der Waals surface area contributed by atoms with Crippen molar-refractivity contribution in [1.29, 1.82) is 0 Å². The van der Waals surface area contributed by atoms with E-state index in [9.17, 15) is 30.3 Å². The first-order valence-corrected chi connectivity index (χ1v) is 31.4. The smallest absolute Gasteiger partial charge is 0.187 e. The average molecular weight is 1220 g/mol. The number of rotatable bonds is 17. The van der Waals surface area contributed by atoms with Crippen LogP contribution in [0.5, 0.6) is 0 Å². The first kappa shape index (κ1) is 65.0. The van der Waals surface area contributed by atoms with Crippen LogP contribution in [0.15, 0.2) is 11.6 Å². The Hall–Kier alpha value is -1.51. The van der Waals surface area contributed by atoms with Crippen LogP contribution in [0.4, 0.5) is 0 Å². The summed E-state index contributed by atoms with van der Waals surface area (Å²) in [4.78, 5) is 13.4. The summed E-state index contributed by atoms with van der Waals surface area (Å²) in [5.41, 5.74) is 0.754. The molecule has 0 amide bonds. The summed E-state index contributed by atoms with van der Waals surface area (Å²) in [5.74, 6) is -0.0306. The van der Waals surface area contributed by atoms with Crippen molar-refractivity contribution in [2.75, 3.05) is 35.0 Å². The zero-order valence-electron chi connectivity index (χ0n) is 51.6. The molecular weight excluding hydrogens is 1120 g/mol. The summed E-state index contributed by atoms with van der Waals surface area (Å²) in [7, 11) is 6.38. The number of methoxy groups -OCH3 is 4. The van der Waals surface area contributed by atoms with Crippen LogP contribution in [0.25, 0.3) is 0 Å². The van der Waals surface area contributed by atoms with Gasteiger partial charge >= 0.3 is 0 Å². The summed E-state index contributed by atoms with van der Waals surface area (Å²) < 4.78 is 115. The maximum absolute atomic E-state index is 13.4. The van der Waals surface area contributed by atoms with E-state index >= 15 is 0 Å². The second kappa shape index (κ2) is 26.2. The SMILES string of the molecule is CO[C@@H]1[C@H](O[C@H]2[C@@H](O)C[C@H](O[C@@H]3[C@@H](C)O[C@@H](O[C@@H]4[C@@H](C)O[C@@H](O[C@H]5[C@@H](OC)C[C@H](O[C@H]6CC[C@@]7(C)C(=CC[C@@]89O[C@@H](C)[C@@H]%10CCC(=O)[C@]%10(C)[C@@H](C[C@@H]87)O9)C6)O[C@@H]5C)C[C@H]4OC)C[C@H]3OC)O[C@@H]2C)O[C@H](C)C[C@H]1O[C@@H]1O[C@H](CO)[C@@H](O)[C@H](O)[C@H]1O. The zero-order valence-corrected chi connectivity index (χ0v) is 51.6. The van der Waals surface area contributed by atoms with Gasteiger partial charge in [0.25, 0.3) is 0 Å². The van der Waals surface area contributed by atoms with Gasteiger partial charge in [0.05, 0.1) is 91.4 Å². The van der Waals surface area contributed by atoms with Crippen molar-refractivity contribution >= 4 is 5.78 Å². The average Bonchev–Trinajstić information content (AvgIpc) is 1.57. The minimum atomic E-state index is -1.62. The summed E-state index contributed by atoms with van der Waals surface area (Å²) in [6.45, 7) is 15.4.